The Bertz CT molecular complexity index is 204. The van der Waals surface area contributed by atoms with Gasteiger partial charge in [0.2, 0.25) is 6.10 Å². The molecule has 0 heterocycles. The Morgan fingerprint density at radius 2 is 1.80 bits per heavy atom. The van der Waals surface area contributed by atoms with E-state index in [9.17, 15) is 9.59 Å². The highest BCUT2D eigenvalue weighted by molar-refractivity contribution is 6.00. The molecule has 1 unspecified atom stereocenters. The summed E-state index contributed by atoms with van der Waals surface area (Å²) in [6.45, 7) is 7.54. The molecule has 0 aromatic heterocycles. The van der Waals surface area contributed by atoms with E-state index in [1.165, 1.54) is 6.92 Å². The van der Waals surface area contributed by atoms with Crippen molar-refractivity contribution in [3.63, 3.8) is 0 Å². The molecule has 4 nitrogen and oxygen atoms in total. The normalized spacial score (nSPS) is 11.8. The second kappa shape index (κ2) is 8.90. The summed E-state index contributed by atoms with van der Waals surface area (Å²) in [5.41, 5.74) is 0. The highest BCUT2D eigenvalue weighted by Gasteiger charge is 2.25. The number of hydrogen-bond acceptors (Lipinski definition) is 4. The summed E-state index contributed by atoms with van der Waals surface area (Å²) in [4.78, 5) is 22.3. The van der Waals surface area contributed by atoms with E-state index < -0.39 is 12.1 Å². The van der Waals surface area contributed by atoms with Crippen molar-refractivity contribution in [1.29, 1.82) is 0 Å². The van der Waals surface area contributed by atoms with Gasteiger partial charge >= 0.3 is 5.97 Å². The molecule has 0 radical (unpaired) electrons. The zero-order chi connectivity index (χ0) is 11.1. The summed E-state index contributed by atoms with van der Waals surface area (Å²) in [5, 5.41) is 0. The van der Waals surface area contributed by atoms with Crippen LogP contribution in [0.3, 0.4) is 0 Å². The molecule has 0 rings (SSSR count). The quantitative estimate of drug-likeness (QED) is 0.367. The third-order valence-corrected chi connectivity index (χ3v) is 1.47. The van der Waals surface area contributed by atoms with Gasteiger partial charge in [0.25, 0.3) is 0 Å². The van der Waals surface area contributed by atoms with Crippen molar-refractivity contribution in [2.24, 2.45) is 5.92 Å². The van der Waals surface area contributed by atoms with Crippen molar-refractivity contribution in [1.82, 2.24) is 0 Å². The summed E-state index contributed by atoms with van der Waals surface area (Å²) >= 11 is 0. The van der Waals surface area contributed by atoms with Crippen LogP contribution in [0.2, 0.25) is 0 Å². The smallest absolute Gasteiger partial charge is 0.343 e. The number of carbonyl (C=O) groups excluding carboxylic acids is 2. The second-order valence-electron chi connectivity index (χ2n) is 3.47. The molecule has 0 spiro atoms. The third-order valence-electron chi connectivity index (χ3n) is 1.47. The Kier molecular flexibility index (Phi) is 10.1. The topological polar surface area (TPSA) is 52.6 Å². The van der Waals surface area contributed by atoms with Crippen LogP contribution in [-0.4, -0.2) is 48.4 Å². The van der Waals surface area contributed by atoms with Crippen LogP contribution >= 0.6 is 0 Å². The van der Waals surface area contributed by atoms with Gasteiger partial charge in [-0.15, -0.1) is 0 Å². The van der Waals surface area contributed by atoms with Crippen molar-refractivity contribution in [2.75, 3.05) is 13.2 Å². The van der Waals surface area contributed by atoms with E-state index in [0.29, 0.717) is 6.61 Å². The van der Waals surface area contributed by atoms with E-state index >= 15 is 0 Å². The maximum atomic E-state index is 11.2. The lowest BCUT2D eigenvalue weighted by molar-refractivity contribution is -0.161. The number of ether oxygens (including phenoxy) is 2. The molecule has 15 heavy (non-hydrogen) atoms. The van der Waals surface area contributed by atoms with Crippen LogP contribution in [0.1, 0.15) is 27.7 Å². The first-order valence-corrected chi connectivity index (χ1v) is 4.77. The second-order valence-corrected chi connectivity index (χ2v) is 3.47. The molecular weight excluding hydrogens is 211 g/mol. The minimum atomic E-state index is -1.06. The maximum Gasteiger partial charge on any atom is 0.343 e. The van der Waals surface area contributed by atoms with Gasteiger partial charge in [0.1, 0.15) is 0 Å². The van der Waals surface area contributed by atoms with Crippen LogP contribution in [0, 0.1) is 5.92 Å². The minimum absolute atomic E-state index is 0. The summed E-state index contributed by atoms with van der Waals surface area (Å²) in [7, 11) is 0. The number of hydrogen-bond donors (Lipinski definition) is 0. The largest absolute Gasteiger partial charge is 0.464 e. The number of ketones is 1. The Balaban J connectivity index is 0. The lowest BCUT2D eigenvalue weighted by Gasteiger charge is -2.14. The molecule has 0 aliphatic carbocycles. The SMILES string of the molecule is CCOC(=O)C(OCC(C)C)C(C)=O.[AlH3]. The number of esters is 1. The first-order valence-electron chi connectivity index (χ1n) is 4.77. The van der Waals surface area contributed by atoms with Crippen molar-refractivity contribution >= 4 is 29.1 Å². The molecule has 88 valence electrons. The standard InChI is InChI=1S/C10H18O4.Al.3H/c1-5-13-10(12)9(8(4)11)14-6-7(2)3;;;;/h7,9H,5-6H2,1-4H3;;;;. The Hall–Kier alpha value is -0.368. The molecule has 0 aromatic carbocycles. The average Bonchev–Trinajstić information content (AvgIpc) is 2.03. The van der Waals surface area contributed by atoms with Crippen LogP contribution in [0.5, 0.6) is 0 Å². The lowest BCUT2D eigenvalue weighted by atomic mass is 10.2. The lowest BCUT2D eigenvalue weighted by Crippen LogP contribution is -2.34. The zero-order valence-corrected chi connectivity index (χ0v) is 9.20. The van der Waals surface area contributed by atoms with Gasteiger partial charge < -0.3 is 9.47 Å². The molecule has 0 saturated heterocycles. The fourth-order valence-electron chi connectivity index (χ4n) is 0.858. The van der Waals surface area contributed by atoms with E-state index in [4.69, 9.17) is 9.47 Å². The van der Waals surface area contributed by atoms with Gasteiger partial charge in [-0.25, -0.2) is 4.79 Å². The molecule has 0 N–H and O–H groups in total. The Morgan fingerprint density at radius 3 is 2.13 bits per heavy atom. The van der Waals surface area contributed by atoms with Gasteiger partial charge in [0.15, 0.2) is 23.1 Å². The molecule has 0 aromatic rings. The third kappa shape index (κ3) is 7.55. The van der Waals surface area contributed by atoms with Crippen LogP contribution in [0.15, 0.2) is 0 Å². The van der Waals surface area contributed by atoms with Crippen molar-refractivity contribution < 1.29 is 19.1 Å². The van der Waals surface area contributed by atoms with Gasteiger partial charge in [-0.2, -0.15) is 0 Å². The Labute approximate surface area is 101 Å². The highest BCUT2D eigenvalue weighted by atomic mass is 27.0. The number of Topliss-reactive ketones (excluding diaryl/α,β-unsaturated/α-hetero) is 1. The molecule has 1 atom stereocenters. The first-order chi connectivity index (χ1) is 6.49. The fraction of sp³-hybridized carbons (Fsp3) is 0.800. The van der Waals surface area contributed by atoms with Gasteiger partial charge in [0.05, 0.1) is 13.2 Å². The molecule has 0 amide bonds. The average molecular weight is 232 g/mol. The fourth-order valence-corrected chi connectivity index (χ4v) is 0.858. The van der Waals surface area contributed by atoms with Gasteiger partial charge in [-0.05, 0) is 19.8 Å². The predicted molar refractivity (Wildman–Crippen MR) is 61.8 cm³/mol. The molecular formula is C10H21AlO4. The molecule has 0 bridgehead atoms. The summed E-state index contributed by atoms with van der Waals surface area (Å²) in [6, 6.07) is 0. The Morgan fingerprint density at radius 1 is 1.27 bits per heavy atom. The summed E-state index contributed by atoms with van der Waals surface area (Å²) < 4.78 is 9.87. The summed E-state index contributed by atoms with van der Waals surface area (Å²) in [6.07, 6.45) is -1.06. The zero-order valence-electron chi connectivity index (χ0n) is 9.20. The van der Waals surface area contributed by atoms with Crippen LogP contribution in [-0.2, 0) is 19.1 Å². The van der Waals surface area contributed by atoms with Crippen LogP contribution in [0.4, 0.5) is 0 Å². The van der Waals surface area contributed by atoms with Gasteiger partial charge in [-0.3, -0.25) is 4.79 Å². The monoisotopic (exact) mass is 232 g/mol. The molecule has 0 fully saturated rings. The van der Waals surface area contributed by atoms with Crippen LogP contribution in [0.25, 0.3) is 0 Å². The predicted octanol–water partition coefficient (Wildman–Crippen LogP) is -0.00420. The maximum absolute atomic E-state index is 11.2. The molecule has 0 saturated carbocycles. The van der Waals surface area contributed by atoms with E-state index in [-0.39, 0.29) is 35.7 Å². The molecule has 0 aliphatic rings. The first kappa shape index (κ1) is 17.0. The van der Waals surface area contributed by atoms with Gasteiger partial charge in [0, 0.05) is 0 Å². The minimum Gasteiger partial charge on any atom is -0.464 e. The van der Waals surface area contributed by atoms with Crippen molar-refractivity contribution in [2.45, 2.75) is 33.8 Å². The van der Waals surface area contributed by atoms with E-state index in [0.717, 1.165) is 0 Å². The van der Waals surface area contributed by atoms with E-state index in [1.807, 2.05) is 13.8 Å². The summed E-state index contributed by atoms with van der Waals surface area (Å²) in [5.74, 6) is -0.629. The number of rotatable bonds is 6. The van der Waals surface area contributed by atoms with E-state index in [1.54, 1.807) is 6.92 Å². The van der Waals surface area contributed by atoms with Crippen molar-refractivity contribution in [3.8, 4) is 0 Å². The highest BCUT2D eigenvalue weighted by Crippen LogP contribution is 2.02. The van der Waals surface area contributed by atoms with Crippen molar-refractivity contribution in [3.05, 3.63) is 0 Å². The molecule has 0 aliphatic heterocycles. The van der Waals surface area contributed by atoms with E-state index in [2.05, 4.69) is 0 Å². The molecule has 5 heteroatoms. The van der Waals surface area contributed by atoms with Gasteiger partial charge in [-0.1, -0.05) is 13.8 Å². The van der Waals surface area contributed by atoms with Crippen LogP contribution < -0.4 is 0 Å². The number of carbonyl (C=O) groups is 2.